The van der Waals surface area contributed by atoms with Crippen LogP contribution in [0, 0.1) is 12.3 Å². The van der Waals surface area contributed by atoms with Crippen LogP contribution in [0.1, 0.15) is 5.56 Å². The molecule has 2 nitrogen and oxygen atoms in total. The third kappa shape index (κ3) is 2.26. The fraction of sp³-hybridized carbons (Fsp3) is 0. The molecule has 0 spiro atoms. The second kappa shape index (κ2) is 3.74. The molecule has 0 fully saturated rings. The van der Waals surface area contributed by atoms with Crippen LogP contribution in [-0.2, 0) is 0 Å². The van der Waals surface area contributed by atoms with E-state index in [1.807, 2.05) is 24.3 Å². The van der Waals surface area contributed by atoms with Gasteiger partial charge in [-0.3, -0.25) is 0 Å². The lowest BCUT2D eigenvalue weighted by Crippen LogP contribution is -2.18. The SMILES string of the molecule is C#Cc1ccc(NC(N)=S)cc1. The summed E-state index contributed by atoms with van der Waals surface area (Å²) in [6.07, 6.45) is 5.18. The molecule has 1 rings (SSSR count). The second-order valence-electron chi connectivity index (χ2n) is 2.21. The zero-order valence-electron chi connectivity index (χ0n) is 6.37. The van der Waals surface area contributed by atoms with E-state index in [0.717, 1.165) is 11.3 Å². The Balaban J connectivity index is 2.80. The van der Waals surface area contributed by atoms with Gasteiger partial charge in [0.2, 0.25) is 0 Å². The fourth-order valence-electron chi connectivity index (χ4n) is 0.792. The summed E-state index contributed by atoms with van der Waals surface area (Å²) in [6.45, 7) is 0. The van der Waals surface area contributed by atoms with Crippen LogP contribution in [0.2, 0.25) is 0 Å². The summed E-state index contributed by atoms with van der Waals surface area (Å²) < 4.78 is 0. The first-order chi connectivity index (χ1) is 5.72. The quantitative estimate of drug-likeness (QED) is 0.500. The van der Waals surface area contributed by atoms with E-state index in [9.17, 15) is 0 Å². The molecule has 0 unspecified atom stereocenters. The van der Waals surface area contributed by atoms with Crippen LogP contribution in [0.3, 0.4) is 0 Å². The summed E-state index contributed by atoms with van der Waals surface area (Å²) in [6, 6.07) is 7.30. The Morgan fingerprint density at radius 1 is 1.42 bits per heavy atom. The van der Waals surface area contributed by atoms with Crippen molar-refractivity contribution in [2.45, 2.75) is 0 Å². The first kappa shape index (κ1) is 8.57. The van der Waals surface area contributed by atoms with E-state index < -0.39 is 0 Å². The summed E-state index contributed by atoms with van der Waals surface area (Å²) in [5.74, 6) is 2.52. The smallest absolute Gasteiger partial charge is 0.168 e. The van der Waals surface area contributed by atoms with Gasteiger partial charge >= 0.3 is 0 Å². The summed E-state index contributed by atoms with van der Waals surface area (Å²) >= 11 is 4.67. The Morgan fingerprint density at radius 2 is 2.00 bits per heavy atom. The van der Waals surface area contributed by atoms with Crippen LogP contribution in [0.15, 0.2) is 24.3 Å². The predicted molar refractivity (Wildman–Crippen MR) is 54.8 cm³/mol. The molecular weight excluding hydrogens is 168 g/mol. The monoisotopic (exact) mass is 176 g/mol. The molecule has 0 heterocycles. The average molecular weight is 176 g/mol. The molecular formula is C9H8N2S. The van der Waals surface area contributed by atoms with Crippen LogP contribution >= 0.6 is 12.2 Å². The van der Waals surface area contributed by atoms with Gasteiger partial charge in [0.25, 0.3) is 0 Å². The van der Waals surface area contributed by atoms with Gasteiger partial charge in [-0.25, -0.2) is 0 Å². The minimum absolute atomic E-state index is 0.253. The van der Waals surface area contributed by atoms with Gasteiger partial charge in [0.05, 0.1) is 0 Å². The minimum atomic E-state index is 0.253. The van der Waals surface area contributed by atoms with E-state index in [1.54, 1.807) is 0 Å². The zero-order chi connectivity index (χ0) is 8.97. The molecule has 1 aromatic carbocycles. The minimum Gasteiger partial charge on any atom is -0.376 e. The first-order valence-corrected chi connectivity index (χ1v) is 3.76. The van der Waals surface area contributed by atoms with Gasteiger partial charge in [0.1, 0.15) is 0 Å². The number of hydrogen-bond donors (Lipinski definition) is 2. The second-order valence-corrected chi connectivity index (χ2v) is 2.65. The van der Waals surface area contributed by atoms with Crippen molar-refractivity contribution in [3.63, 3.8) is 0 Å². The molecule has 0 amide bonds. The molecule has 0 aliphatic rings. The number of hydrogen-bond acceptors (Lipinski definition) is 1. The Kier molecular flexibility index (Phi) is 2.67. The van der Waals surface area contributed by atoms with E-state index in [2.05, 4.69) is 23.5 Å². The van der Waals surface area contributed by atoms with Crippen molar-refractivity contribution < 1.29 is 0 Å². The highest BCUT2D eigenvalue weighted by atomic mass is 32.1. The molecule has 3 N–H and O–H groups in total. The van der Waals surface area contributed by atoms with Crippen molar-refractivity contribution in [1.29, 1.82) is 0 Å². The van der Waals surface area contributed by atoms with Crippen LogP contribution in [0.5, 0.6) is 0 Å². The highest BCUT2D eigenvalue weighted by Gasteiger charge is 1.91. The van der Waals surface area contributed by atoms with Crippen LogP contribution in [-0.4, -0.2) is 5.11 Å². The lowest BCUT2D eigenvalue weighted by atomic mass is 10.2. The highest BCUT2D eigenvalue weighted by molar-refractivity contribution is 7.80. The van der Waals surface area contributed by atoms with Gasteiger partial charge in [0.15, 0.2) is 5.11 Å². The van der Waals surface area contributed by atoms with Crippen LogP contribution < -0.4 is 11.1 Å². The van der Waals surface area contributed by atoms with Crippen LogP contribution in [0.25, 0.3) is 0 Å². The number of benzene rings is 1. The van der Waals surface area contributed by atoms with E-state index in [4.69, 9.17) is 12.2 Å². The molecule has 60 valence electrons. The molecule has 0 bridgehead atoms. The molecule has 0 saturated carbocycles. The van der Waals surface area contributed by atoms with E-state index in [0.29, 0.717) is 0 Å². The number of nitrogens with two attached hydrogens (primary N) is 1. The topological polar surface area (TPSA) is 38.0 Å². The summed E-state index contributed by atoms with van der Waals surface area (Å²) in [4.78, 5) is 0. The first-order valence-electron chi connectivity index (χ1n) is 3.35. The highest BCUT2D eigenvalue weighted by Crippen LogP contribution is 2.07. The summed E-state index contributed by atoms with van der Waals surface area (Å²) in [7, 11) is 0. The molecule has 0 aromatic heterocycles. The maximum absolute atomic E-state index is 5.28. The maximum Gasteiger partial charge on any atom is 0.168 e. The largest absolute Gasteiger partial charge is 0.376 e. The van der Waals surface area contributed by atoms with Gasteiger partial charge in [-0.1, -0.05) is 5.92 Å². The molecule has 1 aromatic rings. The number of rotatable bonds is 1. The lowest BCUT2D eigenvalue weighted by Gasteiger charge is -2.02. The molecule has 3 heteroatoms. The lowest BCUT2D eigenvalue weighted by molar-refractivity contribution is 1.58. The van der Waals surface area contributed by atoms with E-state index in [1.165, 1.54) is 0 Å². The van der Waals surface area contributed by atoms with E-state index >= 15 is 0 Å². The number of terminal acetylenes is 1. The average Bonchev–Trinajstić information content (AvgIpc) is 2.05. The summed E-state index contributed by atoms with van der Waals surface area (Å²) in [5.41, 5.74) is 6.96. The molecule has 0 aliphatic heterocycles. The molecule has 0 saturated heterocycles. The van der Waals surface area contributed by atoms with Crippen molar-refractivity contribution >= 4 is 23.0 Å². The Morgan fingerprint density at radius 3 is 2.42 bits per heavy atom. The van der Waals surface area contributed by atoms with E-state index in [-0.39, 0.29) is 5.11 Å². The van der Waals surface area contributed by atoms with Crippen molar-refractivity contribution in [2.24, 2.45) is 5.73 Å². The Bertz CT molecular complexity index is 321. The van der Waals surface area contributed by atoms with Gasteiger partial charge in [-0.15, -0.1) is 6.42 Å². The number of anilines is 1. The predicted octanol–water partition coefficient (Wildman–Crippen LogP) is 1.32. The molecule has 0 aliphatic carbocycles. The molecule has 0 radical (unpaired) electrons. The van der Waals surface area contributed by atoms with Gasteiger partial charge in [0, 0.05) is 11.3 Å². The van der Waals surface area contributed by atoms with Crippen molar-refractivity contribution in [3.8, 4) is 12.3 Å². The van der Waals surface area contributed by atoms with Gasteiger partial charge < -0.3 is 11.1 Å². The van der Waals surface area contributed by atoms with Gasteiger partial charge in [-0.05, 0) is 36.5 Å². The fourth-order valence-corrected chi connectivity index (χ4v) is 0.910. The Labute approximate surface area is 76.8 Å². The number of thiocarbonyl (C=S) groups is 1. The van der Waals surface area contributed by atoms with Crippen molar-refractivity contribution in [1.82, 2.24) is 0 Å². The molecule has 0 atom stereocenters. The zero-order valence-corrected chi connectivity index (χ0v) is 7.19. The molecule has 12 heavy (non-hydrogen) atoms. The third-order valence-electron chi connectivity index (χ3n) is 1.32. The normalized spacial score (nSPS) is 8.58. The Hall–Kier alpha value is -1.53. The maximum atomic E-state index is 5.28. The van der Waals surface area contributed by atoms with Crippen molar-refractivity contribution in [3.05, 3.63) is 29.8 Å². The van der Waals surface area contributed by atoms with Crippen molar-refractivity contribution in [2.75, 3.05) is 5.32 Å². The number of nitrogens with one attached hydrogen (secondary N) is 1. The van der Waals surface area contributed by atoms with Crippen LogP contribution in [0.4, 0.5) is 5.69 Å². The standard InChI is InChI=1S/C9H8N2S/c1-2-7-3-5-8(6-4-7)11-9(10)12/h1,3-6H,(H3,10,11,12). The van der Waals surface area contributed by atoms with Gasteiger partial charge in [-0.2, -0.15) is 0 Å². The summed E-state index contributed by atoms with van der Waals surface area (Å²) in [5, 5.41) is 3.05. The third-order valence-corrected chi connectivity index (χ3v) is 1.42.